The SMILES string of the molecule is Cc1cccnc1CNC(=O)CC1COCCN1.Cl.Cl. The van der Waals surface area contributed by atoms with E-state index in [-0.39, 0.29) is 36.8 Å². The van der Waals surface area contributed by atoms with Gasteiger partial charge in [-0.2, -0.15) is 0 Å². The van der Waals surface area contributed by atoms with E-state index in [4.69, 9.17) is 4.74 Å². The van der Waals surface area contributed by atoms with Gasteiger partial charge in [-0.05, 0) is 18.6 Å². The van der Waals surface area contributed by atoms with Crippen molar-refractivity contribution < 1.29 is 9.53 Å². The standard InChI is InChI=1S/C13H19N3O2.2ClH/c1-10-3-2-4-15-12(10)8-16-13(17)7-11-9-18-6-5-14-11;;/h2-4,11,14H,5-9H2,1H3,(H,16,17);2*1H. The summed E-state index contributed by atoms with van der Waals surface area (Å²) >= 11 is 0. The van der Waals surface area contributed by atoms with Crippen molar-refractivity contribution in [2.24, 2.45) is 0 Å². The van der Waals surface area contributed by atoms with Crippen LogP contribution < -0.4 is 10.6 Å². The molecule has 1 aromatic heterocycles. The fraction of sp³-hybridized carbons (Fsp3) is 0.538. The molecule has 1 aromatic rings. The van der Waals surface area contributed by atoms with Gasteiger partial charge in [0.25, 0.3) is 0 Å². The van der Waals surface area contributed by atoms with E-state index in [1.54, 1.807) is 6.20 Å². The van der Waals surface area contributed by atoms with Gasteiger partial charge in [0.2, 0.25) is 5.91 Å². The van der Waals surface area contributed by atoms with Gasteiger partial charge in [-0.1, -0.05) is 6.07 Å². The van der Waals surface area contributed by atoms with E-state index in [2.05, 4.69) is 15.6 Å². The van der Waals surface area contributed by atoms with Crippen LogP contribution >= 0.6 is 24.8 Å². The summed E-state index contributed by atoms with van der Waals surface area (Å²) in [4.78, 5) is 16.0. The highest BCUT2D eigenvalue weighted by Gasteiger charge is 2.16. The van der Waals surface area contributed by atoms with Crippen molar-refractivity contribution in [2.45, 2.75) is 25.9 Å². The van der Waals surface area contributed by atoms with E-state index in [0.717, 1.165) is 24.4 Å². The Morgan fingerprint density at radius 3 is 3.00 bits per heavy atom. The summed E-state index contributed by atoms with van der Waals surface area (Å²) in [5.41, 5.74) is 2.01. The number of aromatic nitrogens is 1. The van der Waals surface area contributed by atoms with Crippen molar-refractivity contribution in [3.05, 3.63) is 29.6 Å². The summed E-state index contributed by atoms with van der Waals surface area (Å²) in [6, 6.07) is 4.01. The third-order valence-electron chi connectivity index (χ3n) is 3.00. The maximum Gasteiger partial charge on any atom is 0.221 e. The summed E-state index contributed by atoms with van der Waals surface area (Å²) < 4.78 is 5.31. The van der Waals surface area contributed by atoms with Crippen LogP contribution in [0.25, 0.3) is 0 Å². The predicted octanol–water partition coefficient (Wildman–Crippen LogP) is 1.23. The molecule has 1 fully saturated rings. The minimum atomic E-state index is 0. The molecule has 2 rings (SSSR count). The normalized spacial score (nSPS) is 17.6. The maximum atomic E-state index is 11.8. The highest BCUT2D eigenvalue weighted by Crippen LogP contribution is 2.03. The number of hydrogen-bond donors (Lipinski definition) is 2. The lowest BCUT2D eigenvalue weighted by molar-refractivity contribution is -0.122. The Hall–Kier alpha value is -0.880. The zero-order valence-corrected chi connectivity index (χ0v) is 13.1. The number of morpholine rings is 1. The van der Waals surface area contributed by atoms with Gasteiger partial charge in [0.15, 0.2) is 0 Å². The molecule has 7 heteroatoms. The number of hydrogen-bond acceptors (Lipinski definition) is 4. The van der Waals surface area contributed by atoms with Gasteiger partial charge in [0.1, 0.15) is 0 Å². The number of amides is 1. The van der Waals surface area contributed by atoms with Gasteiger partial charge in [-0.3, -0.25) is 9.78 Å². The Morgan fingerprint density at radius 2 is 2.35 bits per heavy atom. The fourth-order valence-corrected chi connectivity index (χ4v) is 1.93. The number of nitrogens with zero attached hydrogens (tertiary/aromatic N) is 1. The Labute approximate surface area is 131 Å². The molecule has 20 heavy (non-hydrogen) atoms. The first-order valence-electron chi connectivity index (χ1n) is 6.24. The van der Waals surface area contributed by atoms with E-state index >= 15 is 0 Å². The lowest BCUT2D eigenvalue weighted by Crippen LogP contribution is -2.44. The van der Waals surface area contributed by atoms with Gasteiger partial charge in [0.05, 0.1) is 25.5 Å². The number of carbonyl (C=O) groups excluding carboxylic acids is 1. The Balaban J connectivity index is 0.00000180. The van der Waals surface area contributed by atoms with Crippen molar-refractivity contribution in [3.8, 4) is 0 Å². The molecule has 114 valence electrons. The van der Waals surface area contributed by atoms with E-state index in [0.29, 0.717) is 19.6 Å². The molecule has 1 aliphatic heterocycles. The highest BCUT2D eigenvalue weighted by molar-refractivity contribution is 5.85. The molecule has 0 saturated carbocycles. The molecule has 2 heterocycles. The lowest BCUT2D eigenvalue weighted by Gasteiger charge is -2.23. The van der Waals surface area contributed by atoms with E-state index in [1.165, 1.54) is 0 Å². The van der Waals surface area contributed by atoms with Crippen LogP contribution in [0.1, 0.15) is 17.7 Å². The molecular weight excluding hydrogens is 301 g/mol. The first-order chi connectivity index (χ1) is 8.75. The second-order valence-corrected chi connectivity index (χ2v) is 4.47. The van der Waals surface area contributed by atoms with Crippen molar-refractivity contribution in [3.63, 3.8) is 0 Å². The van der Waals surface area contributed by atoms with Crippen LogP contribution in [-0.2, 0) is 16.1 Å². The first kappa shape index (κ1) is 19.1. The second-order valence-electron chi connectivity index (χ2n) is 4.47. The van der Waals surface area contributed by atoms with Crippen LogP contribution in [0.5, 0.6) is 0 Å². The van der Waals surface area contributed by atoms with Crippen molar-refractivity contribution in [1.29, 1.82) is 0 Å². The molecule has 0 spiro atoms. The number of rotatable bonds is 4. The molecule has 1 saturated heterocycles. The molecular formula is C13H21Cl2N3O2. The zero-order chi connectivity index (χ0) is 12.8. The van der Waals surface area contributed by atoms with E-state index in [1.807, 2.05) is 19.1 Å². The number of halogens is 2. The van der Waals surface area contributed by atoms with E-state index < -0.39 is 0 Å². The number of carbonyl (C=O) groups is 1. The number of ether oxygens (including phenoxy) is 1. The van der Waals surface area contributed by atoms with Crippen molar-refractivity contribution >= 4 is 30.7 Å². The number of aryl methyl sites for hydroxylation is 1. The zero-order valence-electron chi connectivity index (χ0n) is 11.4. The summed E-state index contributed by atoms with van der Waals surface area (Å²) in [7, 11) is 0. The van der Waals surface area contributed by atoms with Crippen molar-refractivity contribution in [2.75, 3.05) is 19.8 Å². The lowest BCUT2D eigenvalue weighted by atomic mass is 10.2. The van der Waals surface area contributed by atoms with Gasteiger partial charge < -0.3 is 15.4 Å². The molecule has 0 radical (unpaired) electrons. The third-order valence-corrected chi connectivity index (χ3v) is 3.00. The average Bonchev–Trinajstić information content (AvgIpc) is 2.39. The topological polar surface area (TPSA) is 63.2 Å². The monoisotopic (exact) mass is 321 g/mol. The Kier molecular flexibility index (Phi) is 9.50. The molecule has 0 aliphatic carbocycles. The third kappa shape index (κ3) is 6.05. The molecule has 0 bridgehead atoms. The number of pyridine rings is 1. The van der Waals surface area contributed by atoms with Gasteiger partial charge >= 0.3 is 0 Å². The molecule has 1 amide bonds. The van der Waals surface area contributed by atoms with Crippen LogP contribution in [0, 0.1) is 6.92 Å². The quantitative estimate of drug-likeness (QED) is 0.875. The van der Waals surface area contributed by atoms with Gasteiger partial charge in [-0.25, -0.2) is 0 Å². The van der Waals surface area contributed by atoms with E-state index in [9.17, 15) is 4.79 Å². The first-order valence-corrected chi connectivity index (χ1v) is 6.24. The Morgan fingerprint density at radius 1 is 1.55 bits per heavy atom. The van der Waals surface area contributed by atoms with Gasteiger partial charge in [0, 0.05) is 25.2 Å². The fourth-order valence-electron chi connectivity index (χ4n) is 1.93. The minimum absolute atomic E-state index is 0. The smallest absolute Gasteiger partial charge is 0.221 e. The molecule has 1 aliphatic rings. The average molecular weight is 322 g/mol. The Bertz CT molecular complexity index is 412. The predicted molar refractivity (Wildman–Crippen MR) is 82.5 cm³/mol. The second kappa shape index (κ2) is 9.94. The maximum absolute atomic E-state index is 11.8. The molecule has 0 aromatic carbocycles. The molecule has 5 nitrogen and oxygen atoms in total. The molecule has 1 unspecified atom stereocenters. The van der Waals surface area contributed by atoms with Gasteiger partial charge in [-0.15, -0.1) is 24.8 Å². The van der Waals surface area contributed by atoms with Crippen LogP contribution in [0.4, 0.5) is 0 Å². The van der Waals surface area contributed by atoms with Crippen LogP contribution in [-0.4, -0.2) is 36.7 Å². The van der Waals surface area contributed by atoms with Crippen LogP contribution in [0.3, 0.4) is 0 Å². The summed E-state index contributed by atoms with van der Waals surface area (Å²) in [5, 5.41) is 6.15. The molecule has 2 N–H and O–H groups in total. The largest absolute Gasteiger partial charge is 0.378 e. The van der Waals surface area contributed by atoms with Crippen LogP contribution in [0.15, 0.2) is 18.3 Å². The minimum Gasteiger partial charge on any atom is -0.378 e. The summed E-state index contributed by atoms with van der Waals surface area (Å²) in [6.07, 6.45) is 2.19. The molecule has 1 atom stereocenters. The highest BCUT2D eigenvalue weighted by atomic mass is 35.5. The van der Waals surface area contributed by atoms with Crippen LogP contribution in [0.2, 0.25) is 0 Å². The summed E-state index contributed by atoms with van der Waals surface area (Å²) in [5.74, 6) is 0.0306. The summed E-state index contributed by atoms with van der Waals surface area (Å²) in [6.45, 7) is 4.63. The number of nitrogens with one attached hydrogen (secondary N) is 2. The van der Waals surface area contributed by atoms with Crippen molar-refractivity contribution in [1.82, 2.24) is 15.6 Å².